The summed E-state index contributed by atoms with van der Waals surface area (Å²) in [6.45, 7) is 1.70. The van der Waals surface area contributed by atoms with Crippen LogP contribution in [-0.2, 0) is 9.53 Å². The monoisotopic (exact) mass is 337 g/mol. The molecule has 1 aliphatic carbocycles. The van der Waals surface area contributed by atoms with Gasteiger partial charge in [-0.1, -0.05) is 29.8 Å². The minimum atomic E-state index is -0.555. The summed E-state index contributed by atoms with van der Waals surface area (Å²) in [6, 6.07) is 7.64. The molecule has 0 saturated heterocycles. The van der Waals surface area contributed by atoms with Gasteiger partial charge in [-0.25, -0.2) is 4.79 Å². The molecule has 1 fully saturated rings. The predicted octanol–water partition coefficient (Wildman–Crippen LogP) is 3.63. The van der Waals surface area contributed by atoms with Crippen molar-refractivity contribution in [1.29, 1.82) is 0 Å². The lowest BCUT2D eigenvalue weighted by Crippen LogP contribution is -2.37. The van der Waals surface area contributed by atoms with Crippen LogP contribution in [0.5, 0.6) is 0 Å². The fourth-order valence-electron chi connectivity index (χ4n) is 2.35. The molecule has 1 N–H and O–H groups in total. The number of thiophene rings is 1. The van der Waals surface area contributed by atoms with Gasteiger partial charge < -0.3 is 10.1 Å². The lowest BCUT2D eigenvalue weighted by molar-refractivity contribution is -0.124. The first-order chi connectivity index (χ1) is 10.6. The van der Waals surface area contributed by atoms with Crippen LogP contribution >= 0.6 is 22.9 Å². The molecule has 0 radical (unpaired) electrons. The highest BCUT2D eigenvalue weighted by molar-refractivity contribution is 7.21. The number of hydrogen-bond acceptors (Lipinski definition) is 4. The van der Waals surface area contributed by atoms with Crippen LogP contribution in [-0.4, -0.2) is 24.5 Å². The molecule has 6 heteroatoms. The summed E-state index contributed by atoms with van der Waals surface area (Å²) in [5.74, 6) is -0.262. The largest absolute Gasteiger partial charge is 0.451 e. The molecule has 22 heavy (non-hydrogen) atoms. The molecule has 0 bridgehead atoms. The summed E-state index contributed by atoms with van der Waals surface area (Å²) in [4.78, 5) is 24.2. The van der Waals surface area contributed by atoms with Crippen LogP contribution in [0.1, 0.15) is 29.4 Å². The first kappa shape index (κ1) is 15.3. The standard InChI is InChI=1S/C16H16ClNO3S/c1-9(10-6-7-10)18-13(19)8-21-16(20)15-14(17)11-4-2-3-5-12(11)22-15/h2-5,9-10H,6-8H2,1H3,(H,18,19)/t9-/m0/s1. The van der Waals surface area contributed by atoms with Crippen LogP contribution in [0.2, 0.25) is 5.02 Å². The number of nitrogens with one attached hydrogen (secondary N) is 1. The van der Waals surface area contributed by atoms with Gasteiger partial charge in [0.05, 0.1) is 5.02 Å². The average molecular weight is 338 g/mol. The Hall–Kier alpha value is -1.59. The predicted molar refractivity (Wildman–Crippen MR) is 87.4 cm³/mol. The van der Waals surface area contributed by atoms with Crippen LogP contribution < -0.4 is 5.32 Å². The van der Waals surface area contributed by atoms with Gasteiger partial charge in [-0.05, 0) is 31.7 Å². The van der Waals surface area contributed by atoms with Gasteiger partial charge in [0, 0.05) is 16.1 Å². The van der Waals surface area contributed by atoms with E-state index in [0.717, 1.165) is 22.9 Å². The minimum absolute atomic E-state index is 0.138. The molecule has 1 aromatic carbocycles. The topological polar surface area (TPSA) is 55.4 Å². The number of amides is 1. The third kappa shape index (κ3) is 3.25. The van der Waals surface area contributed by atoms with Crippen molar-refractivity contribution < 1.29 is 14.3 Å². The summed E-state index contributed by atoms with van der Waals surface area (Å²) >= 11 is 7.48. The van der Waals surface area contributed by atoms with E-state index in [1.165, 1.54) is 11.3 Å². The zero-order chi connectivity index (χ0) is 15.7. The van der Waals surface area contributed by atoms with Gasteiger partial charge in [-0.2, -0.15) is 0 Å². The van der Waals surface area contributed by atoms with Crippen molar-refractivity contribution in [3.8, 4) is 0 Å². The average Bonchev–Trinajstić information content (AvgIpc) is 3.30. The maximum atomic E-state index is 12.1. The van der Waals surface area contributed by atoms with E-state index < -0.39 is 5.97 Å². The molecule has 2 aromatic rings. The number of carbonyl (C=O) groups is 2. The highest BCUT2D eigenvalue weighted by Gasteiger charge is 2.29. The third-order valence-electron chi connectivity index (χ3n) is 3.77. The van der Waals surface area contributed by atoms with E-state index in [9.17, 15) is 9.59 Å². The van der Waals surface area contributed by atoms with Crippen molar-refractivity contribution >= 4 is 44.9 Å². The molecule has 0 spiro atoms. The zero-order valence-electron chi connectivity index (χ0n) is 12.1. The van der Waals surface area contributed by atoms with Gasteiger partial charge in [0.25, 0.3) is 5.91 Å². The Morgan fingerprint density at radius 3 is 2.82 bits per heavy atom. The minimum Gasteiger partial charge on any atom is -0.451 e. The number of ether oxygens (including phenoxy) is 1. The molecule has 1 heterocycles. The number of benzene rings is 1. The Kier molecular flexibility index (Phi) is 4.36. The molecule has 3 rings (SSSR count). The van der Waals surface area contributed by atoms with Crippen molar-refractivity contribution in [2.75, 3.05) is 6.61 Å². The van der Waals surface area contributed by atoms with Crippen LogP contribution in [0.4, 0.5) is 0 Å². The number of rotatable bonds is 5. The van der Waals surface area contributed by atoms with Crippen molar-refractivity contribution in [2.24, 2.45) is 5.92 Å². The molecular formula is C16H16ClNO3S. The normalized spacial score (nSPS) is 15.5. The van der Waals surface area contributed by atoms with Crippen molar-refractivity contribution in [3.05, 3.63) is 34.2 Å². The molecule has 1 aliphatic rings. The summed E-state index contributed by atoms with van der Waals surface area (Å²) in [6.07, 6.45) is 2.30. The number of halogens is 1. The summed E-state index contributed by atoms with van der Waals surface area (Å²) in [7, 11) is 0. The Bertz CT molecular complexity index is 723. The van der Waals surface area contributed by atoms with Gasteiger partial charge in [0.2, 0.25) is 0 Å². The van der Waals surface area contributed by atoms with Crippen molar-refractivity contribution in [3.63, 3.8) is 0 Å². The second-order valence-corrected chi connectivity index (χ2v) is 6.94. The number of hydrogen-bond donors (Lipinski definition) is 1. The molecule has 116 valence electrons. The Balaban J connectivity index is 1.61. The van der Waals surface area contributed by atoms with Crippen molar-refractivity contribution in [1.82, 2.24) is 5.32 Å². The SMILES string of the molecule is C[C@H](NC(=O)COC(=O)c1sc2ccccc2c1Cl)C1CC1. The second-order valence-electron chi connectivity index (χ2n) is 5.51. The maximum Gasteiger partial charge on any atom is 0.350 e. The fraction of sp³-hybridized carbons (Fsp3) is 0.375. The summed E-state index contributed by atoms with van der Waals surface area (Å²) < 4.78 is 6.00. The first-order valence-corrected chi connectivity index (χ1v) is 8.39. The molecule has 1 amide bonds. The Labute approximate surface area is 137 Å². The molecule has 1 saturated carbocycles. The van der Waals surface area contributed by atoms with E-state index in [1.807, 2.05) is 31.2 Å². The summed E-state index contributed by atoms with van der Waals surface area (Å²) in [5.41, 5.74) is 0. The quantitative estimate of drug-likeness (QED) is 0.848. The third-order valence-corrected chi connectivity index (χ3v) is 5.43. The van der Waals surface area contributed by atoms with Gasteiger partial charge in [-0.3, -0.25) is 4.79 Å². The van der Waals surface area contributed by atoms with Crippen molar-refractivity contribution in [2.45, 2.75) is 25.8 Å². The molecular weight excluding hydrogens is 322 g/mol. The van der Waals surface area contributed by atoms with Gasteiger partial charge in [0.15, 0.2) is 6.61 Å². The molecule has 4 nitrogen and oxygen atoms in total. The van der Waals surface area contributed by atoms with Crippen LogP contribution in [0.3, 0.4) is 0 Å². The van der Waals surface area contributed by atoms with Gasteiger partial charge in [-0.15, -0.1) is 11.3 Å². The Morgan fingerprint density at radius 1 is 1.41 bits per heavy atom. The van der Waals surface area contributed by atoms with Gasteiger partial charge in [0.1, 0.15) is 4.88 Å². The van der Waals surface area contributed by atoms with E-state index >= 15 is 0 Å². The Morgan fingerprint density at radius 2 is 2.14 bits per heavy atom. The fourth-order valence-corrected chi connectivity index (χ4v) is 3.75. The highest BCUT2D eigenvalue weighted by atomic mass is 35.5. The van der Waals surface area contributed by atoms with E-state index in [4.69, 9.17) is 16.3 Å². The van der Waals surface area contributed by atoms with E-state index in [0.29, 0.717) is 15.8 Å². The smallest absolute Gasteiger partial charge is 0.350 e. The zero-order valence-corrected chi connectivity index (χ0v) is 13.7. The number of carbonyl (C=O) groups excluding carboxylic acids is 2. The van der Waals surface area contributed by atoms with Crippen LogP contribution in [0.15, 0.2) is 24.3 Å². The lowest BCUT2D eigenvalue weighted by Gasteiger charge is -2.12. The highest BCUT2D eigenvalue weighted by Crippen LogP contribution is 2.35. The number of esters is 1. The van der Waals surface area contributed by atoms with Gasteiger partial charge >= 0.3 is 5.97 Å². The van der Waals surface area contributed by atoms with Crippen LogP contribution in [0.25, 0.3) is 10.1 Å². The molecule has 1 atom stereocenters. The van der Waals surface area contributed by atoms with E-state index in [1.54, 1.807) is 0 Å². The molecule has 1 aromatic heterocycles. The molecule has 0 aliphatic heterocycles. The molecule has 0 unspecified atom stereocenters. The van der Waals surface area contributed by atoms with E-state index in [2.05, 4.69) is 5.32 Å². The first-order valence-electron chi connectivity index (χ1n) is 7.20. The summed E-state index contributed by atoms with van der Waals surface area (Å²) in [5, 5.41) is 4.06. The van der Waals surface area contributed by atoms with Crippen LogP contribution in [0, 0.1) is 5.92 Å². The second kappa shape index (κ2) is 6.26. The van der Waals surface area contributed by atoms with E-state index in [-0.39, 0.29) is 18.6 Å². The number of fused-ring (bicyclic) bond motifs is 1. The maximum absolute atomic E-state index is 12.1. The lowest BCUT2D eigenvalue weighted by atomic mass is 10.2.